The molecule has 1 aliphatic heterocycles. The monoisotopic (exact) mass is 528 g/mol. The summed E-state index contributed by atoms with van der Waals surface area (Å²) in [6.45, 7) is 8.15. The molecule has 9 nitrogen and oxygen atoms in total. The number of ether oxygens (including phenoxy) is 3. The van der Waals surface area contributed by atoms with E-state index in [2.05, 4.69) is 0 Å². The Morgan fingerprint density at radius 2 is 1.71 bits per heavy atom. The fourth-order valence-corrected chi connectivity index (χ4v) is 8.02. The number of hydrogen-bond acceptors (Lipinski definition) is 9. The van der Waals surface area contributed by atoms with E-state index in [0.29, 0.717) is 0 Å². The summed E-state index contributed by atoms with van der Waals surface area (Å²) in [5, 5.41) is 22.5. The number of esters is 2. The van der Waals surface area contributed by atoms with E-state index in [4.69, 9.17) is 14.2 Å². The maximum atomic E-state index is 14.2. The molecule has 10 atom stereocenters. The first kappa shape index (κ1) is 27.0. The summed E-state index contributed by atoms with van der Waals surface area (Å²) in [4.78, 5) is 54.1. The summed E-state index contributed by atoms with van der Waals surface area (Å²) in [7, 11) is 0. The van der Waals surface area contributed by atoms with Crippen LogP contribution in [0.25, 0.3) is 0 Å². The zero-order chi connectivity index (χ0) is 27.8. The number of hydrogen-bond donors (Lipinski definition) is 2. The Morgan fingerprint density at radius 3 is 2.29 bits per heavy atom. The first-order valence-electron chi connectivity index (χ1n) is 13.3. The van der Waals surface area contributed by atoms with Crippen LogP contribution in [0.5, 0.6) is 0 Å². The minimum absolute atomic E-state index is 0.0183. The molecule has 206 valence electrons. The van der Waals surface area contributed by atoms with Crippen molar-refractivity contribution in [2.45, 2.75) is 77.5 Å². The highest BCUT2D eigenvalue weighted by Gasteiger charge is 2.76. The van der Waals surface area contributed by atoms with Crippen LogP contribution in [0.2, 0.25) is 0 Å². The van der Waals surface area contributed by atoms with E-state index in [1.807, 2.05) is 13.8 Å². The molecule has 5 rings (SSSR count). The Bertz CT molecular complexity index is 1160. The van der Waals surface area contributed by atoms with Crippen molar-refractivity contribution >= 4 is 23.5 Å². The average Bonchev–Trinajstić information content (AvgIpc) is 2.85. The number of aliphatic hydroxyl groups is 2. The second-order valence-electron chi connectivity index (χ2n) is 12.4. The Labute approximate surface area is 221 Å². The first-order chi connectivity index (χ1) is 17.8. The zero-order valence-electron chi connectivity index (χ0n) is 22.4. The van der Waals surface area contributed by atoms with Crippen molar-refractivity contribution in [1.29, 1.82) is 0 Å². The SMILES string of the molecule is CC(=O)O[C@@]12CO[C@@H]1C[C@H](O)[C@@]1(C)C(=O)C(=O)C3C(C)[C@@H](O)CC([C@@H](OC(=O)c4ccccc4)C12)C3(C)C. The van der Waals surface area contributed by atoms with Crippen molar-refractivity contribution in [3.05, 3.63) is 35.9 Å². The largest absolute Gasteiger partial charge is 0.458 e. The number of aliphatic hydroxyl groups excluding tert-OH is 2. The summed E-state index contributed by atoms with van der Waals surface area (Å²) in [5.74, 6) is -5.78. The molecule has 3 aliphatic carbocycles. The molecule has 1 aromatic carbocycles. The number of rotatable bonds is 3. The van der Waals surface area contributed by atoms with Gasteiger partial charge in [0, 0.05) is 25.2 Å². The molecule has 4 aliphatic rings. The normalized spacial score (nSPS) is 43.4. The second kappa shape index (κ2) is 8.96. The quantitative estimate of drug-likeness (QED) is 0.446. The van der Waals surface area contributed by atoms with Gasteiger partial charge in [0.25, 0.3) is 0 Å². The van der Waals surface area contributed by atoms with Gasteiger partial charge in [-0.15, -0.1) is 0 Å². The molecule has 38 heavy (non-hydrogen) atoms. The highest BCUT2D eigenvalue weighted by atomic mass is 16.6. The standard InChI is InChI=1S/C29H36O9/c1-14-18(31)11-17-23(37-26(35)16-9-7-6-8-10-16)24-28(5,25(34)22(33)21(14)27(17,3)4)19(32)12-20-29(24,13-36-20)38-15(2)30/h6-10,14,17-21,23-24,31-32H,11-13H2,1-5H3/t14?,17?,18-,19-,20+,21?,23+,24?,28+,29-/m0/s1. The van der Waals surface area contributed by atoms with E-state index in [0.717, 1.165) is 0 Å². The molecule has 9 heteroatoms. The molecule has 1 aromatic rings. The molecule has 0 radical (unpaired) electrons. The number of ketones is 2. The van der Waals surface area contributed by atoms with Gasteiger partial charge >= 0.3 is 11.9 Å². The minimum atomic E-state index is -1.72. The molecule has 2 N–H and O–H groups in total. The summed E-state index contributed by atoms with van der Waals surface area (Å²) < 4.78 is 17.9. The van der Waals surface area contributed by atoms with Gasteiger partial charge in [-0.2, -0.15) is 0 Å². The molecule has 2 bridgehead atoms. The lowest BCUT2D eigenvalue weighted by Crippen LogP contribution is -2.79. The van der Waals surface area contributed by atoms with Crippen molar-refractivity contribution in [3.8, 4) is 0 Å². The third-order valence-electron chi connectivity index (χ3n) is 10.0. The van der Waals surface area contributed by atoms with Crippen LogP contribution >= 0.6 is 0 Å². The van der Waals surface area contributed by atoms with Crippen molar-refractivity contribution < 1.29 is 43.6 Å². The topological polar surface area (TPSA) is 136 Å². The highest BCUT2D eigenvalue weighted by Crippen LogP contribution is 2.63. The van der Waals surface area contributed by atoms with Gasteiger partial charge in [-0.05, 0) is 36.8 Å². The van der Waals surface area contributed by atoms with Gasteiger partial charge in [0.15, 0.2) is 5.60 Å². The first-order valence-corrected chi connectivity index (χ1v) is 13.3. The Kier molecular flexibility index (Phi) is 6.36. The lowest BCUT2D eigenvalue weighted by molar-refractivity contribution is -0.336. The molecule has 0 aromatic heterocycles. The molecule has 4 unspecified atom stereocenters. The van der Waals surface area contributed by atoms with Crippen LogP contribution in [0.15, 0.2) is 30.3 Å². The smallest absolute Gasteiger partial charge is 0.338 e. The summed E-state index contributed by atoms with van der Waals surface area (Å²) in [5.41, 5.74) is -3.69. The summed E-state index contributed by atoms with van der Waals surface area (Å²) in [6, 6.07) is 8.39. The fourth-order valence-electron chi connectivity index (χ4n) is 8.02. The van der Waals surface area contributed by atoms with E-state index in [1.54, 1.807) is 37.3 Å². The van der Waals surface area contributed by atoms with Crippen molar-refractivity contribution in [1.82, 2.24) is 0 Å². The molecule has 1 saturated heterocycles. The number of Topliss-reactive ketones (excluding diaryl/α,β-unsaturated/α-hetero) is 2. The van der Waals surface area contributed by atoms with Crippen molar-refractivity contribution in [2.75, 3.05) is 6.61 Å². The van der Waals surface area contributed by atoms with Gasteiger partial charge in [0.1, 0.15) is 12.2 Å². The van der Waals surface area contributed by atoms with Gasteiger partial charge in [0.2, 0.25) is 11.6 Å². The van der Waals surface area contributed by atoms with Crippen molar-refractivity contribution in [2.24, 2.45) is 34.5 Å². The maximum Gasteiger partial charge on any atom is 0.338 e. The van der Waals surface area contributed by atoms with E-state index in [1.165, 1.54) is 13.8 Å². The number of benzene rings is 1. The summed E-state index contributed by atoms with van der Waals surface area (Å²) in [6.07, 6.45) is -3.88. The lowest BCUT2D eigenvalue weighted by Gasteiger charge is -2.66. The Hall–Kier alpha value is -2.62. The lowest BCUT2D eigenvalue weighted by atomic mass is 9.44. The van der Waals surface area contributed by atoms with E-state index in [9.17, 15) is 29.4 Å². The highest BCUT2D eigenvalue weighted by molar-refractivity contribution is 6.40. The van der Waals surface area contributed by atoms with E-state index >= 15 is 0 Å². The van der Waals surface area contributed by atoms with Gasteiger partial charge < -0.3 is 24.4 Å². The maximum absolute atomic E-state index is 14.2. The molecule has 4 fully saturated rings. The fraction of sp³-hybridized carbons (Fsp3) is 0.655. The Morgan fingerprint density at radius 1 is 1.05 bits per heavy atom. The molecule has 3 saturated carbocycles. The number of carbonyl (C=O) groups is 4. The van der Waals surface area contributed by atoms with Crippen LogP contribution in [-0.2, 0) is 28.6 Å². The predicted molar refractivity (Wildman–Crippen MR) is 133 cm³/mol. The third-order valence-corrected chi connectivity index (χ3v) is 10.0. The van der Waals surface area contributed by atoms with Crippen LogP contribution in [0.4, 0.5) is 0 Å². The third kappa shape index (κ3) is 3.62. The zero-order valence-corrected chi connectivity index (χ0v) is 22.4. The predicted octanol–water partition coefficient (Wildman–Crippen LogP) is 2.11. The van der Waals surface area contributed by atoms with Crippen LogP contribution in [0.1, 0.15) is 57.8 Å². The number of fused-ring (bicyclic) bond motifs is 5. The molecular formula is C29H36O9. The van der Waals surface area contributed by atoms with Crippen molar-refractivity contribution in [3.63, 3.8) is 0 Å². The van der Waals surface area contributed by atoms with Gasteiger partial charge in [-0.1, -0.05) is 39.0 Å². The number of carbonyl (C=O) groups excluding carboxylic acids is 4. The van der Waals surface area contributed by atoms with Gasteiger partial charge in [-0.3, -0.25) is 14.4 Å². The van der Waals surface area contributed by atoms with Crippen LogP contribution in [0.3, 0.4) is 0 Å². The van der Waals surface area contributed by atoms with E-state index in [-0.39, 0.29) is 25.0 Å². The summed E-state index contributed by atoms with van der Waals surface area (Å²) >= 11 is 0. The minimum Gasteiger partial charge on any atom is -0.458 e. The molecular weight excluding hydrogens is 492 g/mol. The Balaban J connectivity index is 1.75. The average molecular weight is 529 g/mol. The molecule has 0 spiro atoms. The molecule has 0 amide bonds. The van der Waals surface area contributed by atoms with Gasteiger partial charge in [-0.25, -0.2) is 4.79 Å². The van der Waals surface area contributed by atoms with E-state index < -0.39 is 88.0 Å². The van der Waals surface area contributed by atoms with Crippen LogP contribution in [0, 0.1) is 34.5 Å². The van der Waals surface area contributed by atoms with Crippen LogP contribution in [-0.4, -0.2) is 70.3 Å². The second-order valence-corrected chi connectivity index (χ2v) is 12.4. The van der Waals surface area contributed by atoms with Gasteiger partial charge in [0.05, 0.1) is 35.7 Å². The van der Waals surface area contributed by atoms with Crippen LogP contribution < -0.4 is 0 Å². The molecule has 1 heterocycles.